The topological polar surface area (TPSA) is 98.3 Å². The maximum absolute atomic E-state index is 11.0. The second-order valence-electron chi connectivity index (χ2n) is 5.01. The first-order chi connectivity index (χ1) is 10.1. The first-order valence-electron chi connectivity index (χ1n) is 6.78. The van der Waals surface area contributed by atoms with Crippen LogP contribution in [-0.4, -0.2) is 27.9 Å². The molecule has 1 fully saturated rings. The Morgan fingerprint density at radius 2 is 1.90 bits per heavy atom. The van der Waals surface area contributed by atoms with Crippen LogP contribution in [0.2, 0.25) is 0 Å². The number of hydrogen-bond acceptors (Lipinski definition) is 6. The van der Waals surface area contributed by atoms with Gasteiger partial charge < -0.3 is 5.32 Å². The van der Waals surface area contributed by atoms with E-state index in [1.807, 2.05) is 11.8 Å². The number of nitro groups is 2. The van der Waals surface area contributed by atoms with E-state index < -0.39 is 9.85 Å². The predicted molar refractivity (Wildman–Crippen MR) is 81.5 cm³/mol. The molecule has 1 aromatic rings. The number of hydrogen-bond donors (Lipinski definition) is 1. The third-order valence-corrected chi connectivity index (χ3v) is 4.61. The lowest BCUT2D eigenvalue weighted by atomic mass is 10.0. The average Bonchev–Trinajstić information content (AvgIpc) is 2.48. The normalized spacial score (nSPS) is 15.8. The first-order valence-corrected chi connectivity index (χ1v) is 7.93. The zero-order chi connectivity index (χ0) is 15.2. The molecular formula is C13H17N3O4S. The Bertz CT molecular complexity index is 532. The SMILES string of the molecule is O=[N+]([O-])c1ccc(CNCC2CCSCC2)c([N+](=O)[O-])c1. The van der Waals surface area contributed by atoms with Crippen LogP contribution in [0.5, 0.6) is 0 Å². The molecule has 0 spiro atoms. The lowest BCUT2D eigenvalue weighted by Gasteiger charge is -2.21. The highest BCUT2D eigenvalue weighted by molar-refractivity contribution is 7.99. The van der Waals surface area contributed by atoms with E-state index in [-0.39, 0.29) is 11.4 Å². The van der Waals surface area contributed by atoms with E-state index in [9.17, 15) is 20.2 Å². The zero-order valence-electron chi connectivity index (χ0n) is 11.5. The maximum Gasteiger partial charge on any atom is 0.280 e. The van der Waals surface area contributed by atoms with Gasteiger partial charge in [0.05, 0.1) is 15.9 Å². The first kappa shape index (κ1) is 15.7. The van der Waals surface area contributed by atoms with Crippen molar-refractivity contribution >= 4 is 23.1 Å². The lowest BCUT2D eigenvalue weighted by molar-refractivity contribution is -0.394. The third-order valence-electron chi connectivity index (χ3n) is 3.57. The van der Waals surface area contributed by atoms with Gasteiger partial charge in [0.1, 0.15) is 0 Å². The Balaban J connectivity index is 1.98. The third kappa shape index (κ3) is 4.40. The van der Waals surface area contributed by atoms with Crippen molar-refractivity contribution in [3.63, 3.8) is 0 Å². The van der Waals surface area contributed by atoms with Crippen molar-refractivity contribution in [2.45, 2.75) is 19.4 Å². The van der Waals surface area contributed by atoms with Gasteiger partial charge in [-0.1, -0.05) is 0 Å². The van der Waals surface area contributed by atoms with E-state index >= 15 is 0 Å². The van der Waals surface area contributed by atoms with Gasteiger partial charge in [0.15, 0.2) is 0 Å². The molecule has 1 aliphatic rings. The van der Waals surface area contributed by atoms with Crippen molar-refractivity contribution in [1.82, 2.24) is 5.32 Å². The highest BCUT2D eigenvalue weighted by atomic mass is 32.2. The van der Waals surface area contributed by atoms with Crippen molar-refractivity contribution in [1.29, 1.82) is 0 Å². The predicted octanol–water partition coefficient (Wildman–Crippen LogP) is 2.74. The minimum Gasteiger partial charge on any atom is -0.312 e. The van der Waals surface area contributed by atoms with Crippen LogP contribution in [0, 0.1) is 26.1 Å². The van der Waals surface area contributed by atoms with Crippen molar-refractivity contribution in [2.24, 2.45) is 5.92 Å². The van der Waals surface area contributed by atoms with Gasteiger partial charge in [-0.25, -0.2) is 0 Å². The summed E-state index contributed by atoms with van der Waals surface area (Å²) in [5.74, 6) is 2.96. The lowest BCUT2D eigenvalue weighted by Crippen LogP contribution is -2.25. The van der Waals surface area contributed by atoms with Crippen LogP contribution in [0.25, 0.3) is 0 Å². The Morgan fingerprint density at radius 3 is 2.52 bits per heavy atom. The summed E-state index contributed by atoms with van der Waals surface area (Å²) in [6, 6.07) is 3.79. The molecule has 1 aliphatic heterocycles. The monoisotopic (exact) mass is 311 g/mol. The molecule has 0 saturated carbocycles. The fourth-order valence-electron chi connectivity index (χ4n) is 2.35. The number of rotatable bonds is 6. The van der Waals surface area contributed by atoms with Gasteiger partial charge in [0.25, 0.3) is 11.4 Å². The molecule has 7 nitrogen and oxygen atoms in total. The quantitative estimate of drug-likeness (QED) is 0.640. The summed E-state index contributed by atoms with van der Waals surface area (Å²) in [5.41, 5.74) is 0.0291. The van der Waals surface area contributed by atoms with Crippen molar-refractivity contribution in [2.75, 3.05) is 18.1 Å². The molecule has 114 valence electrons. The van der Waals surface area contributed by atoms with Gasteiger partial charge in [-0.05, 0) is 42.9 Å². The van der Waals surface area contributed by atoms with Gasteiger partial charge in [0, 0.05) is 18.2 Å². The second kappa shape index (κ2) is 7.37. The highest BCUT2D eigenvalue weighted by Crippen LogP contribution is 2.25. The standard InChI is InChI=1S/C13H17N3O4S/c17-15(18)12-2-1-11(13(7-12)16(19)20)9-14-8-10-3-5-21-6-4-10/h1-2,7,10,14H,3-6,8-9H2. The number of thioether (sulfide) groups is 1. The summed E-state index contributed by atoms with van der Waals surface area (Å²) in [5, 5.41) is 24.9. The maximum atomic E-state index is 11.0. The molecule has 8 heteroatoms. The van der Waals surface area contributed by atoms with Crippen LogP contribution in [-0.2, 0) is 6.54 Å². The van der Waals surface area contributed by atoms with E-state index in [4.69, 9.17) is 0 Å². The number of benzene rings is 1. The van der Waals surface area contributed by atoms with Crippen molar-refractivity contribution in [3.05, 3.63) is 44.0 Å². The highest BCUT2D eigenvalue weighted by Gasteiger charge is 2.19. The van der Waals surface area contributed by atoms with Crippen LogP contribution in [0.15, 0.2) is 18.2 Å². The summed E-state index contributed by atoms with van der Waals surface area (Å²) in [6.07, 6.45) is 2.33. The van der Waals surface area contributed by atoms with E-state index in [1.165, 1.54) is 36.5 Å². The van der Waals surface area contributed by atoms with Gasteiger partial charge in [-0.2, -0.15) is 11.8 Å². The van der Waals surface area contributed by atoms with Crippen LogP contribution < -0.4 is 5.32 Å². The van der Waals surface area contributed by atoms with E-state index in [1.54, 1.807) is 0 Å². The fraction of sp³-hybridized carbons (Fsp3) is 0.538. The van der Waals surface area contributed by atoms with Crippen LogP contribution in [0.3, 0.4) is 0 Å². The summed E-state index contributed by atoms with van der Waals surface area (Å²) < 4.78 is 0. The second-order valence-corrected chi connectivity index (χ2v) is 6.24. The molecule has 1 heterocycles. The molecular weight excluding hydrogens is 294 g/mol. The smallest absolute Gasteiger partial charge is 0.280 e. The molecule has 0 bridgehead atoms. The van der Waals surface area contributed by atoms with Gasteiger partial charge in [0.2, 0.25) is 0 Å². The number of nitrogens with one attached hydrogen (secondary N) is 1. The van der Waals surface area contributed by atoms with Crippen LogP contribution in [0.1, 0.15) is 18.4 Å². The van der Waals surface area contributed by atoms with E-state index in [2.05, 4.69) is 5.32 Å². The molecule has 21 heavy (non-hydrogen) atoms. The van der Waals surface area contributed by atoms with Gasteiger partial charge in [-0.3, -0.25) is 20.2 Å². The number of nitrogens with zero attached hydrogens (tertiary/aromatic N) is 2. The van der Waals surface area contributed by atoms with Crippen LogP contribution >= 0.6 is 11.8 Å². The molecule has 0 aliphatic carbocycles. The molecule has 0 aromatic heterocycles. The minimum atomic E-state index is -0.621. The molecule has 0 radical (unpaired) electrons. The largest absolute Gasteiger partial charge is 0.312 e. The average molecular weight is 311 g/mol. The van der Waals surface area contributed by atoms with E-state index in [0.717, 1.165) is 12.6 Å². The molecule has 2 rings (SSSR count). The molecule has 0 amide bonds. The summed E-state index contributed by atoms with van der Waals surface area (Å²) in [6.45, 7) is 1.19. The van der Waals surface area contributed by atoms with Crippen LogP contribution in [0.4, 0.5) is 11.4 Å². The summed E-state index contributed by atoms with van der Waals surface area (Å²) in [7, 11) is 0. The molecule has 1 aromatic carbocycles. The molecule has 1 saturated heterocycles. The van der Waals surface area contributed by atoms with Crippen molar-refractivity contribution < 1.29 is 9.85 Å². The summed E-state index contributed by atoms with van der Waals surface area (Å²) >= 11 is 1.96. The zero-order valence-corrected chi connectivity index (χ0v) is 12.3. The number of non-ortho nitro benzene ring substituents is 1. The Hall–Kier alpha value is -1.67. The Morgan fingerprint density at radius 1 is 1.19 bits per heavy atom. The van der Waals surface area contributed by atoms with Gasteiger partial charge >= 0.3 is 0 Å². The van der Waals surface area contributed by atoms with Gasteiger partial charge in [-0.15, -0.1) is 0 Å². The Labute approximate surface area is 126 Å². The number of nitro benzene ring substituents is 2. The fourth-order valence-corrected chi connectivity index (χ4v) is 3.55. The molecule has 1 N–H and O–H groups in total. The van der Waals surface area contributed by atoms with E-state index in [0.29, 0.717) is 18.0 Å². The molecule has 0 atom stereocenters. The van der Waals surface area contributed by atoms with Crippen molar-refractivity contribution in [3.8, 4) is 0 Å². The minimum absolute atomic E-state index is 0.198. The Kier molecular flexibility index (Phi) is 5.51. The molecule has 0 unspecified atom stereocenters. The summed E-state index contributed by atoms with van der Waals surface area (Å²) in [4.78, 5) is 20.5.